The number of halogens is 1. The number of rotatable bonds is 2. The van der Waals surface area contributed by atoms with Crippen LogP contribution in [0.25, 0.3) is 33.1 Å². The molecule has 0 fully saturated rings. The van der Waals surface area contributed by atoms with Gasteiger partial charge in [-0.1, -0.05) is 11.2 Å². The van der Waals surface area contributed by atoms with Gasteiger partial charge in [-0.3, -0.25) is 4.98 Å². The van der Waals surface area contributed by atoms with Crippen molar-refractivity contribution in [1.29, 1.82) is 0 Å². The number of nitrogens with zero attached hydrogens (tertiary/aromatic N) is 3. The number of pyridine rings is 1. The molecule has 22 heavy (non-hydrogen) atoms. The van der Waals surface area contributed by atoms with E-state index in [9.17, 15) is 4.39 Å². The lowest BCUT2D eigenvalue weighted by Gasteiger charge is -2.04. The fraction of sp³-hybridized carbons (Fsp3) is 0.0625. The van der Waals surface area contributed by atoms with Gasteiger partial charge in [0.15, 0.2) is 0 Å². The van der Waals surface area contributed by atoms with Crippen molar-refractivity contribution in [3.05, 3.63) is 53.3 Å². The predicted molar refractivity (Wildman–Crippen MR) is 83.0 cm³/mol. The average molecular weight is 311 g/mol. The Morgan fingerprint density at radius 3 is 2.86 bits per heavy atom. The summed E-state index contributed by atoms with van der Waals surface area (Å²) in [6, 6.07) is 10.2. The molecular weight excluding hydrogens is 301 g/mol. The molecule has 3 heterocycles. The minimum absolute atomic E-state index is 0.318. The molecule has 0 atom stereocenters. The van der Waals surface area contributed by atoms with E-state index in [-0.39, 0.29) is 5.82 Å². The van der Waals surface area contributed by atoms with E-state index < -0.39 is 0 Å². The monoisotopic (exact) mass is 311 g/mol. The normalized spacial score (nSPS) is 11.2. The molecule has 4 rings (SSSR count). The first kappa shape index (κ1) is 13.1. The van der Waals surface area contributed by atoms with E-state index in [0.717, 1.165) is 21.5 Å². The molecule has 0 N–H and O–H groups in total. The summed E-state index contributed by atoms with van der Waals surface area (Å²) in [7, 11) is 0. The first-order valence-electron chi connectivity index (χ1n) is 6.65. The zero-order valence-electron chi connectivity index (χ0n) is 11.6. The Labute approximate surface area is 129 Å². The van der Waals surface area contributed by atoms with Crippen molar-refractivity contribution in [2.45, 2.75) is 6.92 Å². The molecule has 0 aliphatic heterocycles. The van der Waals surface area contributed by atoms with E-state index in [0.29, 0.717) is 17.2 Å². The number of hydrogen-bond acceptors (Lipinski definition) is 5. The van der Waals surface area contributed by atoms with Gasteiger partial charge in [0.1, 0.15) is 5.82 Å². The minimum Gasteiger partial charge on any atom is -0.334 e. The molecule has 0 saturated carbocycles. The third-order valence-corrected chi connectivity index (χ3v) is 4.16. The molecule has 4 aromatic rings. The fourth-order valence-corrected chi connectivity index (χ4v) is 3.00. The van der Waals surface area contributed by atoms with Gasteiger partial charge in [0.2, 0.25) is 5.82 Å². The van der Waals surface area contributed by atoms with Crippen molar-refractivity contribution in [3.63, 3.8) is 0 Å². The van der Waals surface area contributed by atoms with Crippen molar-refractivity contribution in [2.75, 3.05) is 0 Å². The van der Waals surface area contributed by atoms with E-state index >= 15 is 0 Å². The highest BCUT2D eigenvalue weighted by atomic mass is 32.1. The van der Waals surface area contributed by atoms with Gasteiger partial charge < -0.3 is 4.52 Å². The molecule has 1 aromatic carbocycles. The molecule has 0 spiro atoms. The molecular formula is C16H10FN3OS. The van der Waals surface area contributed by atoms with E-state index in [1.807, 2.05) is 30.5 Å². The lowest BCUT2D eigenvalue weighted by molar-refractivity contribution is 0.433. The fourth-order valence-electron chi connectivity index (χ4n) is 2.35. The molecule has 0 unspecified atom stereocenters. The lowest BCUT2D eigenvalue weighted by atomic mass is 10.1. The predicted octanol–water partition coefficient (Wildman–Crippen LogP) is 4.46. The summed E-state index contributed by atoms with van der Waals surface area (Å²) in [5.41, 5.74) is 2.10. The zero-order chi connectivity index (χ0) is 15.1. The smallest absolute Gasteiger partial charge is 0.259 e. The van der Waals surface area contributed by atoms with Gasteiger partial charge in [-0.2, -0.15) is 4.98 Å². The highest BCUT2D eigenvalue weighted by Gasteiger charge is 2.15. The second kappa shape index (κ2) is 4.99. The van der Waals surface area contributed by atoms with Crippen molar-refractivity contribution < 1.29 is 8.91 Å². The molecule has 0 aliphatic rings. The molecule has 108 valence electrons. The van der Waals surface area contributed by atoms with E-state index in [2.05, 4.69) is 15.1 Å². The van der Waals surface area contributed by atoms with Crippen LogP contribution in [0.4, 0.5) is 4.39 Å². The van der Waals surface area contributed by atoms with Crippen LogP contribution in [-0.4, -0.2) is 15.1 Å². The van der Waals surface area contributed by atoms with Crippen LogP contribution in [0.2, 0.25) is 0 Å². The number of benzene rings is 1. The maximum absolute atomic E-state index is 13.4. The molecule has 3 aromatic heterocycles. The van der Waals surface area contributed by atoms with Crippen LogP contribution in [0.5, 0.6) is 0 Å². The van der Waals surface area contributed by atoms with Crippen molar-refractivity contribution >= 4 is 22.2 Å². The first-order valence-corrected chi connectivity index (χ1v) is 7.53. The summed E-state index contributed by atoms with van der Waals surface area (Å²) in [6.07, 6.45) is 0. The van der Waals surface area contributed by atoms with Gasteiger partial charge in [-0.05, 0) is 36.6 Å². The molecule has 0 saturated heterocycles. The largest absolute Gasteiger partial charge is 0.334 e. The summed E-state index contributed by atoms with van der Waals surface area (Å²) >= 11 is 1.55. The molecule has 0 bridgehead atoms. The Hall–Kier alpha value is -2.60. The van der Waals surface area contributed by atoms with Gasteiger partial charge in [-0.25, -0.2) is 4.39 Å². The van der Waals surface area contributed by atoms with Crippen LogP contribution >= 0.6 is 11.3 Å². The second-order valence-electron chi connectivity index (χ2n) is 4.87. The summed E-state index contributed by atoms with van der Waals surface area (Å²) in [5.74, 6) is 0.640. The highest BCUT2D eigenvalue weighted by molar-refractivity contribution is 7.13. The summed E-state index contributed by atoms with van der Waals surface area (Å²) < 4.78 is 18.8. The Kier molecular flexibility index (Phi) is 2.97. The maximum atomic E-state index is 13.4. The number of fused-ring (bicyclic) bond motifs is 1. The molecule has 0 amide bonds. The SMILES string of the molecule is Cc1cc(-c2nc(-c3cccs3)no2)c2ccc(F)cc2n1. The van der Waals surface area contributed by atoms with Gasteiger partial charge in [0, 0.05) is 17.1 Å². The molecule has 0 aliphatic carbocycles. The third kappa shape index (κ3) is 2.17. The Bertz CT molecular complexity index is 958. The second-order valence-corrected chi connectivity index (χ2v) is 5.82. The molecule has 4 nitrogen and oxygen atoms in total. The van der Waals surface area contributed by atoms with Crippen LogP contribution in [0.15, 0.2) is 46.3 Å². The number of aromatic nitrogens is 3. The number of thiophene rings is 1. The number of hydrogen-bond donors (Lipinski definition) is 0. The zero-order valence-corrected chi connectivity index (χ0v) is 12.4. The van der Waals surface area contributed by atoms with Crippen LogP contribution in [0.1, 0.15) is 5.69 Å². The third-order valence-electron chi connectivity index (χ3n) is 3.30. The summed E-state index contributed by atoms with van der Waals surface area (Å²) in [4.78, 5) is 9.74. The Morgan fingerprint density at radius 1 is 1.14 bits per heavy atom. The van der Waals surface area contributed by atoms with Crippen molar-refractivity contribution in [3.8, 4) is 22.2 Å². The van der Waals surface area contributed by atoms with Crippen molar-refractivity contribution in [1.82, 2.24) is 15.1 Å². The summed E-state index contributed by atoms with van der Waals surface area (Å²) in [5, 5.41) is 6.76. The van der Waals surface area contributed by atoms with Gasteiger partial charge in [0.05, 0.1) is 16.0 Å². The van der Waals surface area contributed by atoms with E-state index in [1.165, 1.54) is 12.1 Å². The van der Waals surface area contributed by atoms with E-state index in [4.69, 9.17) is 4.52 Å². The summed E-state index contributed by atoms with van der Waals surface area (Å²) in [6.45, 7) is 1.85. The van der Waals surface area contributed by atoms with Crippen LogP contribution in [-0.2, 0) is 0 Å². The average Bonchev–Trinajstić information content (AvgIpc) is 3.17. The molecule has 6 heteroatoms. The minimum atomic E-state index is -0.318. The van der Waals surface area contributed by atoms with Crippen LogP contribution in [0, 0.1) is 12.7 Å². The number of aryl methyl sites for hydroxylation is 1. The van der Waals surface area contributed by atoms with Crippen LogP contribution in [0.3, 0.4) is 0 Å². The standard InChI is InChI=1S/C16H10FN3OS/c1-9-7-12(11-5-4-10(17)8-13(11)18-9)16-19-15(20-21-16)14-3-2-6-22-14/h2-8H,1H3. The van der Waals surface area contributed by atoms with Gasteiger partial charge in [-0.15, -0.1) is 11.3 Å². The highest BCUT2D eigenvalue weighted by Crippen LogP contribution is 2.30. The Balaban J connectivity index is 1.91. The van der Waals surface area contributed by atoms with E-state index in [1.54, 1.807) is 17.4 Å². The van der Waals surface area contributed by atoms with Gasteiger partial charge in [0.25, 0.3) is 5.89 Å². The van der Waals surface area contributed by atoms with Crippen molar-refractivity contribution in [2.24, 2.45) is 0 Å². The quantitative estimate of drug-likeness (QED) is 0.548. The maximum Gasteiger partial charge on any atom is 0.259 e. The first-order chi connectivity index (χ1) is 10.7. The topological polar surface area (TPSA) is 51.8 Å². The Morgan fingerprint density at radius 2 is 2.05 bits per heavy atom. The van der Waals surface area contributed by atoms with Gasteiger partial charge >= 0.3 is 0 Å². The van der Waals surface area contributed by atoms with Crippen LogP contribution < -0.4 is 0 Å². The molecule has 0 radical (unpaired) electrons. The lowest BCUT2D eigenvalue weighted by Crippen LogP contribution is -1.89.